The molecule has 0 bridgehead atoms. The van der Waals surface area contributed by atoms with E-state index in [4.69, 9.17) is 0 Å². The molecule has 0 spiro atoms. The third kappa shape index (κ3) is 11.4. The van der Waals surface area contributed by atoms with E-state index in [1.807, 2.05) is 50.2 Å². The first kappa shape index (κ1) is 57.1. The zero-order valence-electron chi connectivity index (χ0n) is 48.3. The van der Waals surface area contributed by atoms with Gasteiger partial charge in [-0.3, -0.25) is 24.3 Å². The Hall–Kier alpha value is -7.76. The number of nitrogens with zero attached hydrogens (tertiary/aromatic N) is 5. The second-order valence-corrected chi connectivity index (χ2v) is 23.8. The van der Waals surface area contributed by atoms with Crippen molar-refractivity contribution in [1.82, 2.24) is 39.1 Å². The highest BCUT2D eigenvalue weighted by atomic mass is 16.4. The molecule has 0 unspecified atom stereocenters. The molecule has 2 aliphatic carbocycles. The minimum atomic E-state index is -1.44. The van der Waals surface area contributed by atoms with Gasteiger partial charge in [0.25, 0.3) is 11.1 Å². The molecule has 7 N–H and O–H groups in total. The van der Waals surface area contributed by atoms with Gasteiger partial charge in [-0.15, -0.1) is 0 Å². The molecule has 0 radical (unpaired) electrons. The van der Waals surface area contributed by atoms with Crippen molar-refractivity contribution >= 4 is 33.7 Å². The fourth-order valence-corrected chi connectivity index (χ4v) is 14.8. The number of aromatic hydroxyl groups is 2. The van der Waals surface area contributed by atoms with Crippen LogP contribution in [0, 0.1) is 23.7 Å². The lowest BCUT2D eigenvalue weighted by Gasteiger charge is -2.41. The number of aromatic amines is 2. The Morgan fingerprint density at radius 3 is 1.48 bits per heavy atom. The minimum absolute atomic E-state index is 0.378. The standard InChI is InChI=1S/C40H44N4O4.C27H34N4O4/c1-3-32-37(41-39(46)36(38(32)45)40(47)48)28-17-18-34-30(19-28)20-31(42(34)2)24-43-23-29-15-10-16-35(33(29)25-43)44(21-26-11-6-4-7-12-26)22-27-13-8-5-9-14-27;1-4-19-24(29-26(33)23(25(19)32)27(34)35)15-8-9-22-17(10-15)11-18(30(22)3)13-31-12-16-6-5-7-21(28-2)20(16)14-31/h4-9,11-14,17-20,29,33,35H,3,10,15-16,21-25H2,1-2H3,(H,47,48)(H2,41,45,46);8-11,16,20-21,28H,4-7,12-14H2,1-3H3,(H,34,35)(H2,29,32,33)/t29-,33+,35-;16-,20+,21-/m11/s1. The van der Waals surface area contributed by atoms with Crippen molar-refractivity contribution in [3.63, 3.8) is 0 Å². The Labute approximate surface area is 484 Å². The number of nitrogens with one attached hydrogen (secondary N) is 3. The van der Waals surface area contributed by atoms with E-state index in [1.165, 1.54) is 61.0 Å². The second kappa shape index (κ2) is 24.2. The van der Waals surface area contributed by atoms with E-state index in [1.54, 1.807) is 0 Å². The lowest BCUT2D eigenvalue weighted by atomic mass is 9.77. The SMILES string of the molecule is CCc1c(-c2ccc3c(c2)cc(CN2C[C@H]4CCC[C@@H](N(Cc5ccccc5)Cc5ccccc5)[C@H]4C2)n3C)[nH]c(=O)c(C(=O)O)c1O.CCc1c(-c2ccc3c(c2)cc(CN2C[C@H]4CCC[C@@H](NC)[C@H]4C2)n3C)[nH]c(=O)c(C(=O)O)c1O. The number of carboxylic acid groups (broad SMARTS) is 2. The molecule has 434 valence electrons. The van der Waals surface area contributed by atoms with Crippen molar-refractivity contribution in [3.8, 4) is 34.0 Å². The van der Waals surface area contributed by atoms with Gasteiger partial charge >= 0.3 is 11.9 Å². The summed E-state index contributed by atoms with van der Waals surface area (Å²) >= 11 is 0. The first-order chi connectivity index (χ1) is 40.1. The maximum atomic E-state index is 12.6. The molecule has 16 heteroatoms. The van der Waals surface area contributed by atoms with Gasteiger partial charge in [-0.1, -0.05) is 99.5 Å². The van der Waals surface area contributed by atoms with Crippen LogP contribution >= 0.6 is 0 Å². The van der Waals surface area contributed by atoms with E-state index in [0.29, 0.717) is 59.3 Å². The molecule has 6 atom stereocenters. The molecule has 4 fully saturated rings. The Kier molecular flexibility index (Phi) is 16.7. The molecule has 2 saturated heterocycles. The van der Waals surface area contributed by atoms with Gasteiger partial charge in [0.2, 0.25) is 0 Å². The molecule has 12 rings (SSSR count). The number of fused-ring (bicyclic) bond motifs is 4. The molecule has 2 aliphatic heterocycles. The summed E-state index contributed by atoms with van der Waals surface area (Å²) in [5, 5.41) is 45.6. The van der Waals surface area contributed by atoms with E-state index in [0.717, 1.165) is 97.1 Å². The molecular weight excluding hydrogens is 1040 g/mol. The molecule has 4 aliphatic rings. The van der Waals surface area contributed by atoms with Gasteiger partial charge in [-0.2, -0.15) is 0 Å². The largest absolute Gasteiger partial charge is 0.506 e. The molecule has 0 amide bonds. The fraction of sp³-hybridized carbons (Fsp3) is 0.403. The van der Waals surface area contributed by atoms with Gasteiger partial charge < -0.3 is 44.8 Å². The van der Waals surface area contributed by atoms with Crippen LogP contribution in [0.4, 0.5) is 0 Å². The number of aryl methyl sites for hydroxylation is 2. The second-order valence-electron chi connectivity index (χ2n) is 23.8. The number of pyridine rings is 2. The number of hydrogen-bond acceptors (Lipinski definition) is 10. The lowest BCUT2D eigenvalue weighted by molar-refractivity contribution is 0.0680. The topological polar surface area (TPSA) is 212 Å². The molecule has 6 heterocycles. The monoisotopic (exact) mass is 1120 g/mol. The van der Waals surface area contributed by atoms with Crippen LogP contribution in [0.15, 0.2) is 119 Å². The molecule has 4 aromatic carbocycles. The molecule has 2 saturated carbocycles. The first-order valence-electron chi connectivity index (χ1n) is 29.7. The Bertz CT molecular complexity index is 3770. The highest BCUT2D eigenvalue weighted by Gasteiger charge is 2.43. The molecule has 83 heavy (non-hydrogen) atoms. The van der Waals surface area contributed by atoms with Crippen molar-refractivity contribution in [1.29, 1.82) is 0 Å². The third-order valence-electron chi connectivity index (χ3n) is 19.0. The summed E-state index contributed by atoms with van der Waals surface area (Å²) in [4.78, 5) is 61.4. The predicted molar refractivity (Wildman–Crippen MR) is 325 cm³/mol. The minimum Gasteiger partial charge on any atom is -0.506 e. The van der Waals surface area contributed by atoms with Gasteiger partial charge in [0.1, 0.15) is 11.5 Å². The number of carbonyl (C=O) groups is 2. The lowest BCUT2D eigenvalue weighted by Crippen LogP contribution is -2.45. The van der Waals surface area contributed by atoms with Crippen molar-refractivity contribution in [2.24, 2.45) is 37.8 Å². The summed E-state index contributed by atoms with van der Waals surface area (Å²) in [6, 6.07) is 39.3. The van der Waals surface area contributed by atoms with E-state index in [9.17, 15) is 39.6 Å². The van der Waals surface area contributed by atoms with Gasteiger partial charge in [0.15, 0.2) is 11.1 Å². The summed E-state index contributed by atoms with van der Waals surface area (Å²) < 4.78 is 4.48. The van der Waals surface area contributed by atoms with Crippen LogP contribution in [0.1, 0.15) is 107 Å². The quantitative estimate of drug-likeness (QED) is 0.0482. The summed E-state index contributed by atoms with van der Waals surface area (Å²) in [5.41, 5.74) is 7.83. The highest BCUT2D eigenvalue weighted by Crippen LogP contribution is 2.42. The normalized spacial score (nSPS) is 20.8. The van der Waals surface area contributed by atoms with E-state index in [-0.39, 0.29) is 0 Å². The van der Waals surface area contributed by atoms with E-state index in [2.05, 4.69) is 133 Å². The van der Waals surface area contributed by atoms with Crippen LogP contribution in [-0.2, 0) is 53.1 Å². The molecule has 4 aromatic heterocycles. The number of hydrogen-bond donors (Lipinski definition) is 7. The number of likely N-dealkylation sites (tertiary alicyclic amines) is 2. The third-order valence-corrected chi connectivity index (χ3v) is 19.0. The summed E-state index contributed by atoms with van der Waals surface area (Å²) in [6.45, 7) is 11.8. The van der Waals surface area contributed by atoms with Crippen LogP contribution in [0.2, 0.25) is 0 Å². The van der Waals surface area contributed by atoms with E-state index >= 15 is 0 Å². The zero-order chi connectivity index (χ0) is 58.2. The summed E-state index contributed by atoms with van der Waals surface area (Å²) in [5.74, 6) is -0.986. The Balaban J connectivity index is 0.000000183. The molecule has 16 nitrogen and oxygen atoms in total. The number of carboxylic acids is 2. The predicted octanol–water partition coefficient (Wildman–Crippen LogP) is 10.1. The summed E-state index contributed by atoms with van der Waals surface area (Å²) in [6.07, 6.45) is 8.45. The number of benzene rings is 4. The van der Waals surface area contributed by atoms with Crippen LogP contribution in [0.5, 0.6) is 11.5 Å². The van der Waals surface area contributed by atoms with E-state index < -0.39 is 45.7 Å². The smallest absolute Gasteiger partial charge is 0.345 e. The van der Waals surface area contributed by atoms with Crippen molar-refractivity contribution in [2.45, 2.75) is 103 Å². The molecule has 8 aromatic rings. The molecular formula is C67H78N8O8. The fourth-order valence-electron chi connectivity index (χ4n) is 14.8. The van der Waals surface area contributed by atoms with Crippen LogP contribution in [0.25, 0.3) is 44.3 Å². The first-order valence-corrected chi connectivity index (χ1v) is 29.7. The Morgan fingerprint density at radius 1 is 0.590 bits per heavy atom. The highest BCUT2D eigenvalue weighted by molar-refractivity contribution is 5.94. The van der Waals surface area contributed by atoms with Gasteiger partial charge in [0, 0.05) is 123 Å². The van der Waals surface area contributed by atoms with Crippen LogP contribution in [-0.4, -0.2) is 111 Å². The maximum absolute atomic E-state index is 12.6. The number of aromatic carboxylic acids is 2. The Morgan fingerprint density at radius 2 is 1.04 bits per heavy atom. The zero-order valence-corrected chi connectivity index (χ0v) is 48.3. The van der Waals surface area contributed by atoms with Gasteiger partial charge in [0.05, 0.1) is 11.4 Å². The summed E-state index contributed by atoms with van der Waals surface area (Å²) in [7, 11) is 6.28. The number of H-pyrrole nitrogens is 2. The van der Waals surface area contributed by atoms with Crippen LogP contribution in [0.3, 0.4) is 0 Å². The van der Waals surface area contributed by atoms with Crippen molar-refractivity contribution < 1.29 is 30.0 Å². The van der Waals surface area contributed by atoms with Crippen LogP contribution < -0.4 is 16.4 Å². The van der Waals surface area contributed by atoms with Crippen molar-refractivity contribution in [2.75, 3.05) is 33.2 Å². The average Bonchev–Trinajstić information content (AvgIpc) is 4.17. The number of aromatic nitrogens is 4. The number of rotatable bonds is 16. The average molecular weight is 1120 g/mol. The van der Waals surface area contributed by atoms with Gasteiger partial charge in [-0.25, -0.2) is 9.59 Å². The van der Waals surface area contributed by atoms with Crippen molar-refractivity contribution in [3.05, 3.63) is 175 Å². The van der Waals surface area contributed by atoms with Gasteiger partial charge in [-0.05, 0) is 128 Å². The maximum Gasteiger partial charge on any atom is 0.345 e.